The number of halogens is 5. The van der Waals surface area contributed by atoms with E-state index in [0.29, 0.717) is 40.6 Å². The number of alkyl halides is 3. The highest BCUT2D eigenvalue weighted by Gasteiger charge is 2.42. The van der Waals surface area contributed by atoms with Gasteiger partial charge in [0.2, 0.25) is 0 Å². The van der Waals surface area contributed by atoms with E-state index in [1.807, 2.05) is 0 Å². The van der Waals surface area contributed by atoms with E-state index in [0.717, 1.165) is 5.56 Å². The number of hydrogen-bond donors (Lipinski definition) is 2. The summed E-state index contributed by atoms with van der Waals surface area (Å²) in [7, 11) is 0. The van der Waals surface area contributed by atoms with Crippen LogP contribution in [0.3, 0.4) is 0 Å². The molecule has 1 aliphatic heterocycles. The molecule has 0 aromatic heterocycles. The second-order valence-corrected chi connectivity index (χ2v) is 8.49. The van der Waals surface area contributed by atoms with Crippen LogP contribution < -0.4 is 5.32 Å². The minimum Gasteiger partial charge on any atom is -0.503 e. The summed E-state index contributed by atoms with van der Waals surface area (Å²) in [6, 6.07) is 6.97. The Morgan fingerprint density at radius 1 is 1.29 bits per heavy atom. The number of benzene rings is 1. The summed E-state index contributed by atoms with van der Waals surface area (Å²) in [6.07, 6.45) is -2.97. The van der Waals surface area contributed by atoms with Crippen LogP contribution in [-0.2, 0) is 15.0 Å². The molecule has 1 heterocycles. The van der Waals surface area contributed by atoms with Gasteiger partial charge in [0.05, 0.1) is 33.6 Å². The van der Waals surface area contributed by atoms with Crippen LogP contribution in [0.25, 0.3) is 0 Å². The van der Waals surface area contributed by atoms with E-state index in [9.17, 15) is 33.1 Å². The Kier molecular flexibility index (Phi) is 6.44. The first-order valence-corrected chi connectivity index (χ1v) is 10.2. The van der Waals surface area contributed by atoms with Crippen molar-refractivity contribution in [3.8, 4) is 6.07 Å². The lowest BCUT2D eigenvalue weighted by Crippen LogP contribution is -2.43. The van der Waals surface area contributed by atoms with Gasteiger partial charge in [-0.1, -0.05) is 29.3 Å². The molecule has 0 saturated heterocycles. The summed E-state index contributed by atoms with van der Waals surface area (Å²) in [6.45, 7) is -2.17. The first-order valence-electron chi connectivity index (χ1n) is 9.41. The standard InChI is InChI=1S/C20H18Cl2F3N3O3/c21-14-2-1-11(7-15(14)22)19(9-26)5-3-12(4-6-19)27-17(30)13-8-28(10-20(23,24)25)18(31)16(13)29/h1-2,7,12,29H,3-6,8,10H2,(H,27,30)/t12-,19+. The molecular formula is C20H18Cl2F3N3O3. The van der Waals surface area contributed by atoms with Crippen LogP contribution in [0.2, 0.25) is 10.0 Å². The number of aliphatic hydroxyl groups excluding tert-OH is 1. The maximum absolute atomic E-state index is 12.6. The normalized spacial score (nSPS) is 24.3. The maximum atomic E-state index is 12.6. The average molecular weight is 476 g/mol. The molecule has 1 aromatic rings. The van der Waals surface area contributed by atoms with Crippen LogP contribution >= 0.6 is 23.2 Å². The van der Waals surface area contributed by atoms with Crippen molar-refractivity contribution in [2.75, 3.05) is 13.1 Å². The van der Waals surface area contributed by atoms with Gasteiger partial charge >= 0.3 is 6.18 Å². The van der Waals surface area contributed by atoms with Gasteiger partial charge in [-0.3, -0.25) is 9.59 Å². The summed E-state index contributed by atoms with van der Waals surface area (Å²) >= 11 is 12.0. The smallest absolute Gasteiger partial charge is 0.406 e. The van der Waals surface area contributed by atoms with Gasteiger partial charge in [0.25, 0.3) is 11.8 Å². The molecule has 1 fully saturated rings. The summed E-state index contributed by atoms with van der Waals surface area (Å²) in [5.74, 6) is -2.99. The number of carbonyl (C=O) groups is 2. The molecule has 31 heavy (non-hydrogen) atoms. The Labute approximate surface area is 186 Å². The van der Waals surface area contributed by atoms with Gasteiger partial charge in [-0.25, -0.2) is 0 Å². The van der Waals surface area contributed by atoms with Crippen LogP contribution in [0.4, 0.5) is 13.2 Å². The van der Waals surface area contributed by atoms with E-state index < -0.39 is 47.8 Å². The number of carbonyl (C=O) groups excluding carboxylic acids is 2. The van der Waals surface area contributed by atoms with Gasteiger partial charge in [0.15, 0.2) is 5.76 Å². The number of amides is 2. The Morgan fingerprint density at radius 3 is 2.48 bits per heavy atom. The third-order valence-corrected chi connectivity index (χ3v) is 6.37. The molecule has 1 aromatic carbocycles. The van der Waals surface area contributed by atoms with E-state index in [4.69, 9.17) is 23.2 Å². The fourth-order valence-electron chi connectivity index (χ4n) is 3.93. The summed E-state index contributed by atoms with van der Waals surface area (Å²) in [5.41, 5.74) is -0.474. The number of aliphatic hydroxyl groups is 1. The number of rotatable bonds is 4. The SMILES string of the molecule is N#C[C@]1(c2ccc(Cl)c(Cl)c2)CC[C@@H](NC(=O)C2=C(O)C(=O)N(CC(F)(F)F)C2)CC1. The monoisotopic (exact) mass is 475 g/mol. The van der Waals surface area contributed by atoms with Crippen molar-refractivity contribution < 1.29 is 27.9 Å². The van der Waals surface area contributed by atoms with Crippen molar-refractivity contribution in [3.63, 3.8) is 0 Å². The Bertz CT molecular complexity index is 980. The molecule has 0 spiro atoms. The van der Waals surface area contributed by atoms with Crippen LogP contribution in [0.15, 0.2) is 29.5 Å². The lowest BCUT2D eigenvalue weighted by molar-refractivity contribution is -0.157. The van der Waals surface area contributed by atoms with Crippen molar-refractivity contribution in [2.45, 2.75) is 43.3 Å². The fraction of sp³-hybridized carbons (Fsp3) is 0.450. The third-order valence-electron chi connectivity index (χ3n) is 5.63. The first-order chi connectivity index (χ1) is 14.5. The molecule has 1 aliphatic carbocycles. The van der Waals surface area contributed by atoms with Gasteiger partial charge < -0.3 is 15.3 Å². The number of nitriles is 1. The Balaban J connectivity index is 1.64. The van der Waals surface area contributed by atoms with Crippen molar-refractivity contribution in [2.24, 2.45) is 0 Å². The van der Waals surface area contributed by atoms with E-state index >= 15 is 0 Å². The quantitative estimate of drug-likeness (QED) is 0.687. The summed E-state index contributed by atoms with van der Waals surface area (Å²) in [4.78, 5) is 24.7. The number of nitrogens with zero attached hydrogens (tertiary/aromatic N) is 2. The van der Waals surface area contributed by atoms with Crippen molar-refractivity contribution in [1.29, 1.82) is 5.26 Å². The van der Waals surface area contributed by atoms with Gasteiger partial charge in [-0.2, -0.15) is 18.4 Å². The first kappa shape index (κ1) is 23.2. The van der Waals surface area contributed by atoms with Crippen LogP contribution in [-0.4, -0.2) is 47.1 Å². The molecule has 11 heteroatoms. The highest BCUT2D eigenvalue weighted by Crippen LogP contribution is 2.41. The van der Waals surface area contributed by atoms with Crippen molar-refractivity contribution in [3.05, 3.63) is 45.1 Å². The molecule has 0 unspecified atom stereocenters. The number of hydrogen-bond acceptors (Lipinski definition) is 4. The molecule has 0 radical (unpaired) electrons. The molecule has 1 saturated carbocycles. The van der Waals surface area contributed by atoms with E-state index in [2.05, 4.69) is 11.4 Å². The second-order valence-electron chi connectivity index (χ2n) is 7.67. The largest absolute Gasteiger partial charge is 0.503 e. The van der Waals surface area contributed by atoms with Crippen LogP contribution in [0.1, 0.15) is 31.2 Å². The molecule has 0 atom stereocenters. The highest BCUT2D eigenvalue weighted by molar-refractivity contribution is 6.42. The van der Waals surface area contributed by atoms with Gasteiger partial charge in [0, 0.05) is 6.04 Å². The Hall–Kier alpha value is -2.44. The maximum Gasteiger partial charge on any atom is 0.406 e. The summed E-state index contributed by atoms with van der Waals surface area (Å²) < 4.78 is 37.7. The molecule has 2 aliphatic rings. The van der Waals surface area contributed by atoms with E-state index in [1.165, 1.54) is 0 Å². The minimum absolute atomic E-state index is 0.334. The Morgan fingerprint density at radius 2 is 1.94 bits per heavy atom. The number of nitrogens with one attached hydrogen (secondary N) is 1. The average Bonchev–Trinajstić information content (AvgIpc) is 2.98. The molecule has 2 amide bonds. The molecule has 166 valence electrons. The van der Waals surface area contributed by atoms with Gasteiger partial charge in [-0.05, 0) is 43.4 Å². The fourth-order valence-corrected chi connectivity index (χ4v) is 4.22. The lowest BCUT2D eigenvalue weighted by atomic mass is 9.69. The topological polar surface area (TPSA) is 93.4 Å². The van der Waals surface area contributed by atoms with Crippen molar-refractivity contribution in [1.82, 2.24) is 10.2 Å². The zero-order chi connectivity index (χ0) is 23.0. The molecule has 2 N–H and O–H groups in total. The van der Waals surface area contributed by atoms with E-state index in [-0.39, 0.29) is 6.04 Å². The zero-order valence-corrected chi connectivity index (χ0v) is 17.6. The van der Waals surface area contributed by atoms with E-state index in [1.54, 1.807) is 18.2 Å². The molecule has 0 bridgehead atoms. The zero-order valence-electron chi connectivity index (χ0n) is 16.1. The third kappa shape index (κ3) is 4.91. The second kappa shape index (κ2) is 8.60. The van der Waals surface area contributed by atoms with Crippen molar-refractivity contribution >= 4 is 35.0 Å². The lowest BCUT2D eigenvalue weighted by Gasteiger charge is -2.35. The highest BCUT2D eigenvalue weighted by atomic mass is 35.5. The molecule has 3 rings (SSSR count). The van der Waals surface area contributed by atoms with Crippen LogP contribution in [0.5, 0.6) is 0 Å². The van der Waals surface area contributed by atoms with Gasteiger partial charge in [0.1, 0.15) is 6.54 Å². The van der Waals surface area contributed by atoms with Gasteiger partial charge in [-0.15, -0.1) is 0 Å². The minimum atomic E-state index is -4.64. The molecular weight excluding hydrogens is 458 g/mol. The van der Waals surface area contributed by atoms with Crippen LogP contribution in [0, 0.1) is 11.3 Å². The predicted octanol–water partition coefficient (Wildman–Crippen LogP) is 4.03. The predicted molar refractivity (Wildman–Crippen MR) is 106 cm³/mol. The summed E-state index contributed by atoms with van der Waals surface area (Å²) in [5, 5.41) is 23.0. The molecule has 6 nitrogen and oxygen atoms in total.